The molecule has 0 saturated carbocycles. The summed E-state index contributed by atoms with van der Waals surface area (Å²) in [5.41, 5.74) is 0. The first kappa shape index (κ1) is 59.2. The second-order valence-corrected chi connectivity index (χ2v) is 16.4. The van der Waals surface area contributed by atoms with Gasteiger partial charge in [-0.3, -0.25) is 12.5 Å². The molecule has 0 heterocycles. The van der Waals surface area contributed by atoms with Crippen molar-refractivity contribution in [3.63, 3.8) is 0 Å². The zero-order valence-electron chi connectivity index (χ0n) is 32.9. The molecule has 0 saturated heterocycles. The van der Waals surface area contributed by atoms with Crippen LogP contribution in [0, 0.1) is 0 Å². The van der Waals surface area contributed by atoms with Crippen LogP contribution in [0.4, 0.5) is 0 Å². The molecule has 314 valence electrons. The summed E-state index contributed by atoms with van der Waals surface area (Å²) in [6.45, 7) is 6.73. The average molecular weight is 1010 g/mol. The SMILES string of the molecule is CCCCCCCCCCCCOS(=O)(=O)[O-].CCCCCCCCCCCCOS(=O)(=O)[O-].CCCCCCCCCCCCOS(=O)(=O)[O-].[Bi+3]. The Morgan fingerprint density at radius 3 is 0.558 bits per heavy atom. The molecule has 0 atom stereocenters. The monoisotopic (exact) mass is 1000 g/mol. The molecular formula is C36H75BiO12S3. The van der Waals surface area contributed by atoms with Crippen molar-refractivity contribution < 1.29 is 51.5 Å². The van der Waals surface area contributed by atoms with Crippen molar-refractivity contribution in [2.45, 2.75) is 213 Å². The van der Waals surface area contributed by atoms with Gasteiger partial charge < -0.3 is 13.7 Å². The van der Waals surface area contributed by atoms with Crippen LogP contribution in [0.2, 0.25) is 0 Å². The fourth-order valence-corrected chi connectivity index (χ4v) is 6.22. The van der Waals surface area contributed by atoms with Crippen LogP contribution in [0.3, 0.4) is 0 Å². The van der Waals surface area contributed by atoms with Gasteiger partial charge in [-0.1, -0.05) is 194 Å². The molecule has 0 fully saturated rings. The van der Waals surface area contributed by atoms with Crippen molar-refractivity contribution in [1.29, 1.82) is 0 Å². The summed E-state index contributed by atoms with van der Waals surface area (Å²) in [5.74, 6) is 0. The van der Waals surface area contributed by atoms with E-state index in [1.807, 2.05) is 0 Å². The van der Waals surface area contributed by atoms with Crippen LogP contribution in [-0.4, -0.2) is 84.9 Å². The second-order valence-electron chi connectivity index (χ2n) is 13.2. The number of hydrogen-bond donors (Lipinski definition) is 0. The van der Waals surface area contributed by atoms with Gasteiger partial charge in [-0.05, 0) is 19.3 Å². The zero-order valence-corrected chi connectivity index (χ0v) is 38.8. The Hall–Kier alpha value is 0.493. The Kier molecular flexibility index (Phi) is 50.3. The van der Waals surface area contributed by atoms with E-state index in [4.69, 9.17) is 0 Å². The van der Waals surface area contributed by atoms with Crippen LogP contribution >= 0.6 is 0 Å². The van der Waals surface area contributed by atoms with Gasteiger partial charge in [0.1, 0.15) is 0 Å². The van der Waals surface area contributed by atoms with Crippen LogP contribution in [0.25, 0.3) is 0 Å². The van der Waals surface area contributed by atoms with Crippen LogP contribution in [0.5, 0.6) is 0 Å². The van der Waals surface area contributed by atoms with Gasteiger partial charge in [-0.2, -0.15) is 0 Å². The molecular weight excluding hydrogens is 930 g/mol. The molecule has 0 N–H and O–H groups in total. The van der Waals surface area contributed by atoms with E-state index in [2.05, 4.69) is 33.3 Å². The molecule has 12 nitrogen and oxygen atoms in total. The summed E-state index contributed by atoms with van der Waals surface area (Å²) in [5, 5.41) is 0. The van der Waals surface area contributed by atoms with Crippen LogP contribution in [-0.2, 0) is 43.7 Å². The van der Waals surface area contributed by atoms with Crippen molar-refractivity contribution in [1.82, 2.24) is 0 Å². The Bertz CT molecular complexity index is 883. The van der Waals surface area contributed by atoms with Gasteiger partial charge >= 0.3 is 26.2 Å². The molecule has 0 bridgehead atoms. The summed E-state index contributed by atoms with van der Waals surface area (Å²) in [6, 6.07) is 0. The van der Waals surface area contributed by atoms with E-state index in [0.29, 0.717) is 19.3 Å². The molecule has 2 radical (unpaired) electrons. The maximum atomic E-state index is 10.1. The third kappa shape index (κ3) is 68.5. The molecule has 0 amide bonds. The summed E-state index contributed by atoms with van der Waals surface area (Å²) in [6.07, 6.45) is 35.1. The molecule has 0 rings (SSSR count). The summed E-state index contributed by atoms with van der Waals surface area (Å²) < 4.78 is 103. The molecule has 0 aliphatic heterocycles. The smallest absolute Gasteiger partial charge is 0.726 e. The first-order chi connectivity index (χ1) is 24.2. The van der Waals surface area contributed by atoms with E-state index in [1.165, 1.54) is 135 Å². The minimum absolute atomic E-state index is 0. The minimum Gasteiger partial charge on any atom is -0.726 e. The van der Waals surface area contributed by atoms with Crippen molar-refractivity contribution in [3.05, 3.63) is 0 Å². The predicted octanol–water partition coefficient (Wildman–Crippen LogP) is 9.77. The zero-order chi connectivity index (χ0) is 39.0. The molecule has 0 unspecified atom stereocenters. The number of unbranched alkanes of at least 4 members (excludes halogenated alkanes) is 27. The van der Waals surface area contributed by atoms with Gasteiger partial charge in [0.15, 0.2) is 0 Å². The quantitative estimate of drug-likeness (QED) is 0.0249. The number of rotatable bonds is 36. The van der Waals surface area contributed by atoms with Gasteiger partial charge in [0.25, 0.3) is 0 Å². The third-order valence-electron chi connectivity index (χ3n) is 8.18. The Balaban J connectivity index is -0.000000329. The Morgan fingerprint density at radius 1 is 0.288 bits per heavy atom. The maximum Gasteiger partial charge on any atom is 3.00 e. The largest absolute Gasteiger partial charge is 3.00 e. The van der Waals surface area contributed by atoms with Crippen molar-refractivity contribution in [2.24, 2.45) is 0 Å². The van der Waals surface area contributed by atoms with Gasteiger partial charge in [0.05, 0.1) is 19.8 Å². The Morgan fingerprint density at radius 2 is 0.423 bits per heavy atom. The molecule has 52 heavy (non-hydrogen) atoms. The average Bonchev–Trinajstić information content (AvgIpc) is 3.04. The normalized spacial score (nSPS) is 11.7. The molecule has 0 aliphatic rings. The fraction of sp³-hybridized carbons (Fsp3) is 1.00. The van der Waals surface area contributed by atoms with E-state index in [-0.39, 0.29) is 46.0 Å². The molecule has 16 heteroatoms. The summed E-state index contributed by atoms with van der Waals surface area (Å²) in [7, 11) is -13.5. The topological polar surface area (TPSA) is 199 Å². The minimum atomic E-state index is -4.48. The molecule has 0 aliphatic carbocycles. The first-order valence-corrected chi connectivity index (χ1v) is 24.0. The van der Waals surface area contributed by atoms with Crippen LogP contribution in [0.1, 0.15) is 213 Å². The standard InChI is InChI=1S/3C12H26O4S.Bi/c3*1-2-3-4-5-6-7-8-9-10-11-12-16-17(13,14)15;/h3*2-12H2,1H3,(H,13,14,15);/q;;;+3/p-3. The third-order valence-corrected chi connectivity index (χ3v) is 9.54. The van der Waals surface area contributed by atoms with Gasteiger partial charge in [-0.15, -0.1) is 0 Å². The second kappa shape index (κ2) is 44.2. The summed E-state index contributed by atoms with van der Waals surface area (Å²) in [4.78, 5) is 0. The van der Waals surface area contributed by atoms with Gasteiger partial charge in [0.2, 0.25) is 31.2 Å². The molecule has 0 aromatic heterocycles. The molecule has 0 aromatic carbocycles. The van der Waals surface area contributed by atoms with Crippen molar-refractivity contribution in [2.75, 3.05) is 19.8 Å². The number of hydrogen-bond acceptors (Lipinski definition) is 12. The van der Waals surface area contributed by atoms with Crippen LogP contribution < -0.4 is 0 Å². The first-order valence-electron chi connectivity index (χ1n) is 20.0. The van der Waals surface area contributed by atoms with Crippen LogP contribution in [0.15, 0.2) is 0 Å². The van der Waals surface area contributed by atoms with E-state index in [0.717, 1.165) is 38.5 Å². The molecule has 0 aromatic rings. The summed E-state index contributed by atoms with van der Waals surface area (Å²) >= 11 is 0. The van der Waals surface area contributed by atoms with Gasteiger partial charge in [0, 0.05) is 0 Å². The van der Waals surface area contributed by atoms with E-state index >= 15 is 0 Å². The van der Waals surface area contributed by atoms with Crippen molar-refractivity contribution >= 4 is 57.4 Å². The molecule has 0 spiro atoms. The van der Waals surface area contributed by atoms with E-state index in [9.17, 15) is 38.9 Å². The van der Waals surface area contributed by atoms with E-state index < -0.39 is 31.2 Å². The maximum absolute atomic E-state index is 10.1. The van der Waals surface area contributed by atoms with Crippen molar-refractivity contribution in [3.8, 4) is 0 Å². The van der Waals surface area contributed by atoms with E-state index in [1.54, 1.807) is 0 Å². The Labute approximate surface area is 340 Å². The van der Waals surface area contributed by atoms with Gasteiger partial charge in [-0.25, -0.2) is 25.3 Å². The predicted molar refractivity (Wildman–Crippen MR) is 208 cm³/mol. The fourth-order valence-electron chi connectivity index (χ4n) is 5.25.